The first-order valence-electron chi connectivity index (χ1n) is 21.9. The minimum Gasteiger partial charge on any atom is -0.480 e. The van der Waals surface area contributed by atoms with Crippen LogP contribution in [0, 0.1) is 0 Å². The first kappa shape index (κ1) is 55.4. The van der Waals surface area contributed by atoms with Crippen molar-refractivity contribution in [3.8, 4) is 0 Å². The fourth-order valence-electron chi connectivity index (χ4n) is 5.75. The second-order valence-electron chi connectivity index (χ2n) is 14.9. The average Bonchev–Trinajstić information content (AvgIpc) is 3.18. The van der Waals surface area contributed by atoms with Crippen LogP contribution in [0.15, 0.2) is 48.6 Å². The van der Waals surface area contributed by atoms with E-state index in [4.69, 9.17) is 24.8 Å². The molecule has 0 aliphatic rings. The van der Waals surface area contributed by atoms with Gasteiger partial charge in [0.05, 0.1) is 25.4 Å². The molecule has 14 heteroatoms. The van der Waals surface area contributed by atoms with Crippen molar-refractivity contribution in [3.05, 3.63) is 48.6 Å². The quantitative estimate of drug-likeness (QED) is 0.0169. The monoisotopic (exact) mass is 844 g/mol. The number of nitrogens with two attached hydrogens (primary N) is 1. The van der Waals surface area contributed by atoms with Gasteiger partial charge in [-0.05, 0) is 32.1 Å². The molecule has 0 saturated carbocycles. The number of rotatable bonds is 40. The third kappa shape index (κ3) is 37.6. The number of hydrogen-bond acceptors (Lipinski definition) is 11. The smallest absolute Gasteiger partial charge is 0.472 e. The standard InChI is InChI=1S/C44H78NO12P/c1-3-5-7-8-9-10-11-12-13-14-15-16-20-23-27-33-43(49)57-40(36-55-58(52,53)56-37-41(45)44(50)51)35-54-42(48)34-28-32-39(47)31-26-22-19-17-18-21-25-30-38(46)29-24-6-4-2/h18-19,21-22,25-26,30-31,38-41,46-47H,3-17,20,23-24,27-29,32-37,45H2,1-2H3,(H,50,51)(H,52,53)/b21-18-,22-19-,30-25+,31-26+/t38-,39-,40+,41-/m0/s1. The molecule has 0 aromatic heterocycles. The van der Waals surface area contributed by atoms with Gasteiger partial charge in [0, 0.05) is 12.8 Å². The van der Waals surface area contributed by atoms with E-state index in [-0.39, 0.29) is 12.8 Å². The van der Waals surface area contributed by atoms with Gasteiger partial charge in [0.2, 0.25) is 0 Å². The van der Waals surface area contributed by atoms with Crippen LogP contribution in [0.1, 0.15) is 168 Å². The Morgan fingerprint density at radius 3 is 1.57 bits per heavy atom. The molecule has 0 spiro atoms. The number of aliphatic carboxylic acids is 1. The zero-order valence-corrected chi connectivity index (χ0v) is 36.5. The van der Waals surface area contributed by atoms with Crippen molar-refractivity contribution in [2.75, 3.05) is 19.8 Å². The molecule has 0 aliphatic heterocycles. The van der Waals surface area contributed by atoms with Crippen LogP contribution in [0.25, 0.3) is 0 Å². The lowest BCUT2D eigenvalue weighted by molar-refractivity contribution is -0.161. The predicted octanol–water partition coefficient (Wildman–Crippen LogP) is 9.34. The van der Waals surface area contributed by atoms with Crippen LogP contribution in [0.5, 0.6) is 0 Å². The molecule has 13 nitrogen and oxygen atoms in total. The van der Waals surface area contributed by atoms with Gasteiger partial charge in [0.25, 0.3) is 0 Å². The molecule has 0 aliphatic carbocycles. The summed E-state index contributed by atoms with van der Waals surface area (Å²) in [6.45, 7) is 2.47. The Morgan fingerprint density at radius 1 is 0.603 bits per heavy atom. The molecule has 0 bridgehead atoms. The van der Waals surface area contributed by atoms with Crippen molar-refractivity contribution in [2.45, 2.75) is 192 Å². The highest BCUT2D eigenvalue weighted by molar-refractivity contribution is 7.47. The number of esters is 2. The van der Waals surface area contributed by atoms with Gasteiger partial charge in [0.15, 0.2) is 6.10 Å². The van der Waals surface area contributed by atoms with Crippen LogP contribution in [0.2, 0.25) is 0 Å². The van der Waals surface area contributed by atoms with E-state index in [9.17, 15) is 34.1 Å². The van der Waals surface area contributed by atoms with Crippen LogP contribution in [0.4, 0.5) is 0 Å². The molecule has 0 aromatic rings. The van der Waals surface area contributed by atoms with Crippen molar-refractivity contribution in [2.24, 2.45) is 5.73 Å². The van der Waals surface area contributed by atoms with E-state index in [1.165, 1.54) is 70.6 Å². The number of aliphatic hydroxyl groups is 2. The zero-order valence-electron chi connectivity index (χ0n) is 35.6. The van der Waals surface area contributed by atoms with Gasteiger partial charge < -0.3 is 35.4 Å². The maximum absolute atomic E-state index is 12.6. The van der Waals surface area contributed by atoms with Crippen molar-refractivity contribution in [1.82, 2.24) is 0 Å². The normalized spacial score (nSPS) is 15.3. The van der Waals surface area contributed by atoms with Crippen molar-refractivity contribution in [3.63, 3.8) is 0 Å². The summed E-state index contributed by atoms with van der Waals surface area (Å²) in [4.78, 5) is 46.0. The second kappa shape index (κ2) is 38.6. The fraction of sp³-hybridized carbons (Fsp3) is 0.750. The molecule has 336 valence electrons. The topological polar surface area (TPSA) is 212 Å². The molecule has 0 aromatic carbocycles. The number of allylic oxidation sites excluding steroid dienone is 6. The Morgan fingerprint density at radius 2 is 1.05 bits per heavy atom. The summed E-state index contributed by atoms with van der Waals surface area (Å²) in [6, 6.07) is -1.55. The number of carbonyl (C=O) groups excluding carboxylic acids is 2. The number of phosphoric ester groups is 1. The number of carboxylic acid groups (broad SMARTS) is 1. The van der Waals surface area contributed by atoms with Crippen LogP contribution in [0.3, 0.4) is 0 Å². The summed E-state index contributed by atoms with van der Waals surface area (Å²) in [5, 5.41) is 29.0. The fourth-order valence-corrected chi connectivity index (χ4v) is 6.53. The minimum atomic E-state index is -4.77. The molecular weight excluding hydrogens is 765 g/mol. The third-order valence-corrected chi connectivity index (χ3v) is 10.2. The minimum absolute atomic E-state index is 0.0261. The SMILES string of the molecule is CCCCCCCCCCCCCCCCCC(=O)O[C@H](COC(=O)CCC[C@@H](O)/C=C/C=C\C/C=C\C=C\[C@@H](O)CCCCC)COP(=O)(O)OC[C@H](N)C(=O)O. The zero-order chi connectivity index (χ0) is 43.1. The molecule has 0 rings (SSSR count). The van der Waals surface area contributed by atoms with E-state index in [0.29, 0.717) is 25.7 Å². The van der Waals surface area contributed by atoms with Crippen LogP contribution in [-0.4, -0.2) is 82.3 Å². The molecule has 0 amide bonds. The summed E-state index contributed by atoms with van der Waals surface area (Å²) in [6.07, 6.45) is 35.3. The van der Waals surface area contributed by atoms with Gasteiger partial charge in [-0.3, -0.25) is 23.4 Å². The highest BCUT2D eigenvalue weighted by atomic mass is 31.2. The Balaban J connectivity index is 4.59. The maximum Gasteiger partial charge on any atom is 0.472 e. The van der Waals surface area contributed by atoms with Crippen LogP contribution >= 0.6 is 7.82 Å². The van der Waals surface area contributed by atoms with Gasteiger partial charge in [-0.25, -0.2) is 4.57 Å². The molecule has 0 fully saturated rings. The second-order valence-corrected chi connectivity index (χ2v) is 16.3. The molecule has 58 heavy (non-hydrogen) atoms. The molecule has 0 saturated heterocycles. The van der Waals surface area contributed by atoms with Crippen molar-refractivity contribution >= 4 is 25.7 Å². The molecule has 6 N–H and O–H groups in total. The average molecular weight is 844 g/mol. The van der Waals surface area contributed by atoms with E-state index in [1.807, 2.05) is 30.4 Å². The van der Waals surface area contributed by atoms with E-state index < -0.39 is 69.9 Å². The van der Waals surface area contributed by atoms with Gasteiger partial charge >= 0.3 is 25.7 Å². The lowest BCUT2D eigenvalue weighted by atomic mass is 10.0. The predicted molar refractivity (Wildman–Crippen MR) is 229 cm³/mol. The summed E-state index contributed by atoms with van der Waals surface area (Å²) in [5.41, 5.74) is 5.32. The van der Waals surface area contributed by atoms with Gasteiger partial charge in [-0.15, -0.1) is 0 Å². The van der Waals surface area contributed by atoms with E-state index >= 15 is 0 Å². The lowest BCUT2D eigenvalue weighted by Crippen LogP contribution is -2.34. The number of phosphoric acid groups is 1. The van der Waals surface area contributed by atoms with Gasteiger partial charge in [-0.2, -0.15) is 0 Å². The number of carbonyl (C=O) groups is 3. The maximum atomic E-state index is 12.6. The lowest BCUT2D eigenvalue weighted by Gasteiger charge is -2.20. The number of ether oxygens (including phenoxy) is 2. The Hall–Kier alpha value is -2.64. The number of hydrogen-bond donors (Lipinski definition) is 5. The van der Waals surface area contributed by atoms with Gasteiger partial charge in [0.1, 0.15) is 12.6 Å². The number of aliphatic hydroxyl groups excluding tert-OH is 2. The highest BCUT2D eigenvalue weighted by Crippen LogP contribution is 2.43. The Bertz CT molecular complexity index is 1210. The molecule has 1 unspecified atom stereocenters. The van der Waals surface area contributed by atoms with Gasteiger partial charge in [-0.1, -0.05) is 172 Å². The summed E-state index contributed by atoms with van der Waals surface area (Å²) in [7, 11) is -4.77. The highest BCUT2D eigenvalue weighted by Gasteiger charge is 2.28. The summed E-state index contributed by atoms with van der Waals surface area (Å²) < 4.78 is 32.5. The molecular formula is C44H78NO12P. The summed E-state index contributed by atoms with van der Waals surface area (Å²) >= 11 is 0. The van der Waals surface area contributed by atoms with Crippen LogP contribution in [-0.2, 0) is 37.5 Å². The molecule has 0 heterocycles. The summed E-state index contributed by atoms with van der Waals surface area (Å²) in [5.74, 6) is -2.63. The number of unbranched alkanes of at least 4 members (excludes halogenated alkanes) is 16. The Labute approximate surface area is 349 Å². The number of carboxylic acids is 1. The van der Waals surface area contributed by atoms with Crippen LogP contribution < -0.4 is 5.73 Å². The van der Waals surface area contributed by atoms with Crippen molar-refractivity contribution < 1.29 is 57.7 Å². The molecule has 5 atom stereocenters. The van der Waals surface area contributed by atoms with Crippen molar-refractivity contribution in [1.29, 1.82) is 0 Å². The van der Waals surface area contributed by atoms with E-state index in [2.05, 4.69) is 18.4 Å². The third-order valence-electron chi connectivity index (χ3n) is 9.29. The molecule has 0 radical (unpaired) electrons. The first-order chi connectivity index (χ1) is 27.9. The largest absolute Gasteiger partial charge is 0.480 e. The van der Waals surface area contributed by atoms with E-state index in [1.54, 1.807) is 18.2 Å². The first-order valence-corrected chi connectivity index (χ1v) is 23.4. The Kier molecular flexibility index (Phi) is 36.8. The van der Waals surface area contributed by atoms with E-state index in [0.717, 1.165) is 44.9 Å².